The second-order valence-electron chi connectivity index (χ2n) is 1.75. The highest BCUT2D eigenvalue weighted by atomic mass is 16.3. The van der Waals surface area contributed by atoms with Crippen LogP contribution in [0.5, 0.6) is 0 Å². The first-order valence-electron chi connectivity index (χ1n) is 2.63. The molecule has 0 radical (unpaired) electrons. The number of nitrogens with one attached hydrogen (secondary N) is 1. The number of allylic oxidation sites excluding steroid dienone is 2. The highest BCUT2D eigenvalue weighted by Crippen LogP contribution is 2.07. The SMILES string of the molecule is C=[NH+]C1C=CC=C1N=O. The molecule has 0 spiro atoms. The molecule has 0 aromatic carbocycles. The van der Waals surface area contributed by atoms with Crippen LogP contribution in [-0.2, 0) is 0 Å². The molecule has 3 heteroatoms. The van der Waals surface area contributed by atoms with Crippen LogP contribution in [-0.4, -0.2) is 12.8 Å². The number of hydrogen-bond acceptors (Lipinski definition) is 2. The van der Waals surface area contributed by atoms with Gasteiger partial charge in [0.2, 0.25) is 6.04 Å². The quantitative estimate of drug-likeness (QED) is 0.385. The molecule has 3 nitrogen and oxygen atoms in total. The molecule has 1 atom stereocenters. The minimum absolute atomic E-state index is 0.0810. The summed E-state index contributed by atoms with van der Waals surface area (Å²) >= 11 is 0. The average Bonchev–Trinajstić information content (AvgIpc) is 2.33. The number of rotatable bonds is 2. The highest BCUT2D eigenvalue weighted by molar-refractivity contribution is 5.28. The average molecular weight is 123 g/mol. The Balaban J connectivity index is 2.76. The number of nitrogens with zero attached hydrogens (tertiary/aromatic N) is 1. The van der Waals surface area contributed by atoms with Crippen LogP contribution in [0.1, 0.15) is 0 Å². The van der Waals surface area contributed by atoms with Gasteiger partial charge in [-0.05, 0) is 17.3 Å². The predicted molar refractivity (Wildman–Crippen MR) is 34.9 cm³/mol. The fourth-order valence-corrected chi connectivity index (χ4v) is 0.727. The zero-order valence-corrected chi connectivity index (χ0v) is 4.87. The third kappa shape index (κ3) is 0.937. The lowest BCUT2D eigenvalue weighted by molar-refractivity contribution is -0.467. The molecule has 1 aliphatic carbocycles. The van der Waals surface area contributed by atoms with Crippen molar-refractivity contribution in [1.29, 1.82) is 0 Å². The van der Waals surface area contributed by atoms with Crippen molar-refractivity contribution in [2.75, 3.05) is 0 Å². The van der Waals surface area contributed by atoms with Crippen LogP contribution in [0.15, 0.2) is 29.1 Å². The van der Waals surface area contributed by atoms with Crippen molar-refractivity contribution in [1.82, 2.24) is 0 Å². The Morgan fingerprint density at radius 1 is 1.78 bits per heavy atom. The lowest BCUT2D eigenvalue weighted by Crippen LogP contribution is -2.73. The zero-order chi connectivity index (χ0) is 6.69. The van der Waals surface area contributed by atoms with E-state index >= 15 is 0 Å². The molecule has 0 heterocycles. The summed E-state index contributed by atoms with van der Waals surface area (Å²) < 4.78 is 0. The van der Waals surface area contributed by atoms with Crippen LogP contribution in [0.4, 0.5) is 0 Å². The molecule has 0 saturated carbocycles. The maximum atomic E-state index is 9.95. The third-order valence-corrected chi connectivity index (χ3v) is 1.21. The Morgan fingerprint density at radius 3 is 3.00 bits per heavy atom. The lowest BCUT2D eigenvalue weighted by atomic mass is 10.3. The van der Waals surface area contributed by atoms with Crippen molar-refractivity contribution in [3.8, 4) is 0 Å². The van der Waals surface area contributed by atoms with E-state index in [1.165, 1.54) is 0 Å². The van der Waals surface area contributed by atoms with Crippen molar-refractivity contribution >= 4 is 6.72 Å². The van der Waals surface area contributed by atoms with Gasteiger partial charge in [0.05, 0.1) is 0 Å². The summed E-state index contributed by atoms with van der Waals surface area (Å²) in [6.45, 7) is 3.42. The van der Waals surface area contributed by atoms with E-state index < -0.39 is 0 Å². The normalized spacial score (nSPS) is 23.6. The van der Waals surface area contributed by atoms with Gasteiger partial charge >= 0.3 is 0 Å². The summed E-state index contributed by atoms with van der Waals surface area (Å²) in [6.07, 6.45) is 5.26. The maximum Gasteiger partial charge on any atom is 0.214 e. The van der Waals surface area contributed by atoms with Crippen molar-refractivity contribution in [2.45, 2.75) is 6.04 Å². The Morgan fingerprint density at radius 2 is 2.56 bits per heavy atom. The summed E-state index contributed by atoms with van der Waals surface area (Å²) in [5, 5.41) is 2.79. The van der Waals surface area contributed by atoms with Crippen LogP contribution in [0.2, 0.25) is 0 Å². The molecule has 0 aromatic rings. The number of nitroso groups, excluding NO2 is 1. The monoisotopic (exact) mass is 123 g/mol. The van der Waals surface area contributed by atoms with Gasteiger partial charge < -0.3 is 0 Å². The molecule has 9 heavy (non-hydrogen) atoms. The van der Waals surface area contributed by atoms with Crippen LogP contribution >= 0.6 is 0 Å². The fourth-order valence-electron chi connectivity index (χ4n) is 0.727. The summed E-state index contributed by atoms with van der Waals surface area (Å²) in [6, 6.07) is -0.0810. The van der Waals surface area contributed by atoms with Crippen LogP contribution in [0, 0.1) is 4.91 Å². The van der Waals surface area contributed by atoms with Crippen molar-refractivity contribution in [3.05, 3.63) is 28.8 Å². The molecule has 1 aliphatic rings. The standard InChI is InChI=1S/C6H6N2O/c1-7-5-3-2-4-6(5)8-9/h2-5H,1H2/p+1. The molecule has 1 unspecified atom stereocenters. The largest absolute Gasteiger partial charge is 0.242 e. The summed E-state index contributed by atoms with van der Waals surface area (Å²) in [4.78, 5) is 12.6. The number of hydrogen-bond donors (Lipinski definition) is 1. The molecule has 0 saturated heterocycles. The molecule has 0 aliphatic heterocycles. The van der Waals surface area contributed by atoms with Gasteiger partial charge in [-0.25, -0.2) is 4.99 Å². The van der Waals surface area contributed by atoms with E-state index in [9.17, 15) is 4.91 Å². The molecular weight excluding hydrogens is 116 g/mol. The molecule has 0 aromatic heterocycles. The second-order valence-corrected chi connectivity index (χ2v) is 1.75. The molecule has 1 N–H and O–H groups in total. The van der Waals surface area contributed by atoms with Gasteiger partial charge in [0, 0.05) is 0 Å². The van der Waals surface area contributed by atoms with E-state index in [0.29, 0.717) is 5.70 Å². The Hall–Kier alpha value is -1.25. The molecule has 1 rings (SSSR count). The molecule has 0 fully saturated rings. The van der Waals surface area contributed by atoms with Crippen LogP contribution < -0.4 is 4.99 Å². The maximum absolute atomic E-state index is 9.95. The van der Waals surface area contributed by atoms with Gasteiger partial charge in [-0.15, -0.1) is 4.91 Å². The summed E-state index contributed by atoms with van der Waals surface area (Å²) in [7, 11) is 0. The van der Waals surface area contributed by atoms with Gasteiger partial charge in [-0.3, -0.25) is 0 Å². The zero-order valence-electron chi connectivity index (χ0n) is 4.87. The van der Waals surface area contributed by atoms with E-state index in [0.717, 1.165) is 0 Å². The minimum atomic E-state index is -0.0810. The first-order chi connectivity index (χ1) is 4.38. The first-order valence-corrected chi connectivity index (χ1v) is 2.63. The van der Waals surface area contributed by atoms with Crippen molar-refractivity contribution < 1.29 is 4.99 Å². The minimum Gasteiger partial charge on any atom is -0.242 e. The van der Waals surface area contributed by atoms with E-state index in [2.05, 4.69) is 16.9 Å². The van der Waals surface area contributed by atoms with Crippen molar-refractivity contribution in [3.63, 3.8) is 0 Å². The third-order valence-electron chi connectivity index (χ3n) is 1.21. The molecule has 0 amide bonds. The summed E-state index contributed by atoms with van der Waals surface area (Å²) in [5.74, 6) is 0. The molecule has 46 valence electrons. The fraction of sp³-hybridized carbons (Fsp3) is 0.167. The van der Waals surface area contributed by atoms with Gasteiger partial charge in [0.1, 0.15) is 6.72 Å². The highest BCUT2D eigenvalue weighted by Gasteiger charge is 2.16. The summed E-state index contributed by atoms with van der Waals surface area (Å²) in [5.41, 5.74) is 0.491. The van der Waals surface area contributed by atoms with Gasteiger partial charge in [-0.2, -0.15) is 0 Å². The Bertz CT molecular complexity index is 193. The van der Waals surface area contributed by atoms with Crippen LogP contribution in [0.25, 0.3) is 0 Å². The van der Waals surface area contributed by atoms with E-state index in [1.54, 1.807) is 12.2 Å². The van der Waals surface area contributed by atoms with Crippen LogP contribution in [0.3, 0.4) is 0 Å². The molecule has 0 bridgehead atoms. The smallest absolute Gasteiger partial charge is 0.214 e. The first kappa shape index (κ1) is 5.88. The topological polar surface area (TPSA) is 43.4 Å². The van der Waals surface area contributed by atoms with Crippen molar-refractivity contribution in [2.24, 2.45) is 5.18 Å². The second kappa shape index (κ2) is 2.35. The van der Waals surface area contributed by atoms with E-state index in [-0.39, 0.29) is 6.04 Å². The Kier molecular flexibility index (Phi) is 1.53. The van der Waals surface area contributed by atoms with E-state index in [4.69, 9.17) is 0 Å². The lowest BCUT2D eigenvalue weighted by Gasteiger charge is -1.90. The van der Waals surface area contributed by atoms with E-state index in [1.807, 2.05) is 6.08 Å². The van der Waals surface area contributed by atoms with Gasteiger partial charge in [0.25, 0.3) is 0 Å². The Labute approximate surface area is 52.8 Å². The molecular formula is C6H7N2O+. The predicted octanol–water partition coefficient (Wildman–Crippen LogP) is -0.644. The van der Waals surface area contributed by atoms with Gasteiger partial charge in [0.15, 0.2) is 5.70 Å². The van der Waals surface area contributed by atoms with Gasteiger partial charge in [-0.1, -0.05) is 6.08 Å².